The summed E-state index contributed by atoms with van der Waals surface area (Å²) in [4.78, 5) is 0. The maximum absolute atomic E-state index is 12.0. The summed E-state index contributed by atoms with van der Waals surface area (Å²) >= 11 is 4.83. The van der Waals surface area contributed by atoms with Crippen molar-refractivity contribution in [3.8, 4) is 0 Å². The van der Waals surface area contributed by atoms with Gasteiger partial charge in [-0.3, -0.25) is 4.74 Å². The van der Waals surface area contributed by atoms with Crippen molar-refractivity contribution in [3.63, 3.8) is 0 Å². The molecule has 6 heteroatoms. The van der Waals surface area contributed by atoms with Gasteiger partial charge in [0.15, 0.2) is 0 Å². The summed E-state index contributed by atoms with van der Waals surface area (Å²) in [6.45, 7) is 0. The first-order chi connectivity index (χ1) is 4.33. The number of rotatable bonds is 0. The third-order valence-corrected chi connectivity index (χ3v) is 1.48. The van der Waals surface area contributed by atoms with Gasteiger partial charge in [-0.05, 0) is 0 Å². The molecule has 0 aromatic heterocycles. The second-order valence-corrected chi connectivity index (χ2v) is 2.50. The minimum atomic E-state index is -3.90. The minimum absolute atomic E-state index is 1.14. The molecule has 1 saturated heterocycles. The standard InChI is InChI=1S/C4H3ClF4O/c5-2-1-3(6,7)10-4(2,8)9/h2H,1H2. The summed E-state index contributed by atoms with van der Waals surface area (Å²) < 4.78 is 50.9. The zero-order valence-electron chi connectivity index (χ0n) is 4.58. The van der Waals surface area contributed by atoms with Crippen LogP contribution in [0.15, 0.2) is 0 Å². The van der Waals surface area contributed by atoms with E-state index in [1.807, 2.05) is 0 Å². The summed E-state index contributed by atoms with van der Waals surface area (Å²) in [5.41, 5.74) is 0. The quantitative estimate of drug-likeness (QED) is 0.408. The van der Waals surface area contributed by atoms with E-state index in [0.717, 1.165) is 0 Å². The number of hydrogen-bond donors (Lipinski definition) is 0. The van der Waals surface area contributed by atoms with Crippen molar-refractivity contribution in [1.82, 2.24) is 0 Å². The Morgan fingerprint density at radius 1 is 1.30 bits per heavy atom. The molecule has 1 heterocycles. The van der Waals surface area contributed by atoms with Gasteiger partial charge in [-0.2, -0.15) is 17.6 Å². The molecule has 1 aliphatic heterocycles. The van der Waals surface area contributed by atoms with Crippen molar-refractivity contribution < 1.29 is 22.3 Å². The van der Waals surface area contributed by atoms with Crippen molar-refractivity contribution in [3.05, 3.63) is 0 Å². The lowest BCUT2D eigenvalue weighted by atomic mass is 10.3. The van der Waals surface area contributed by atoms with Crippen LogP contribution in [-0.4, -0.2) is 17.6 Å². The van der Waals surface area contributed by atoms with E-state index in [1.165, 1.54) is 0 Å². The molecule has 0 amide bonds. The zero-order valence-corrected chi connectivity index (χ0v) is 5.34. The van der Waals surface area contributed by atoms with Crippen LogP contribution in [0.3, 0.4) is 0 Å². The Morgan fingerprint density at radius 3 is 1.90 bits per heavy atom. The van der Waals surface area contributed by atoms with E-state index in [4.69, 9.17) is 11.6 Å². The monoisotopic (exact) mass is 178 g/mol. The average molecular weight is 179 g/mol. The van der Waals surface area contributed by atoms with Crippen LogP contribution in [0, 0.1) is 0 Å². The predicted octanol–water partition coefficient (Wildman–Crippen LogP) is 2.20. The lowest BCUT2D eigenvalue weighted by Gasteiger charge is -2.10. The predicted molar refractivity (Wildman–Crippen MR) is 25.2 cm³/mol. The number of alkyl halides is 5. The maximum atomic E-state index is 12.0. The molecule has 1 unspecified atom stereocenters. The van der Waals surface area contributed by atoms with Crippen LogP contribution in [0.1, 0.15) is 6.42 Å². The molecule has 1 rings (SSSR count). The van der Waals surface area contributed by atoms with E-state index in [0.29, 0.717) is 0 Å². The second kappa shape index (κ2) is 1.98. The highest BCUT2D eigenvalue weighted by atomic mass is 35.5. The van der Waals surface area contributed by atoms with Crippen molar-refractivity contribution in [2.24, 2.45) is 0 Å². The largest absolute Gasteiger partial charge is 0.376 e. The normalized spacial score (nSPS) is 36.3. The number of ether oxygens (including phenoxy) is 1. The molecule has 0 N–H and O–H groups in total. The van der Waals surface area contributed by atoms with Gasteiger partial charge in [0.25, 0.3) is 0 Å². The molecule has 0 aromatic carbocycles. The van der Waals surface area contributed by atoms with Gasteiger partial charge in [-0.25, -0.2) is 0 Å². The van der Waals surface area contributed by atoms with E-state index >= 15 is 0 Å². The van der Waals surface area contributed by atoms with Crippen LogP contribution in [-0.2, 0) is 4.74 Å². The molecule has 1 fully saturated rings. The fraction of sp³-hybridized carbons (Fsp3) is 1.00. The summed E-state index contributed by atoms with van der Waals surface area (Å²) in [6, 6.07) is 0. The van der Waals surface area contributed by atoms with E-state index in [-0.39, 0.29) is 0 Å². The second-order valence-electron chi connectivity index (χ2n) is 1.97. The van der Waals surface area contributed by atoms with Crippen molar-refractivity contribution in [1.29, 1.82) is 0 Å². The molecule has 0 spiro atoms. The van der Waals surface area contributed by atoms with Gasteiger partial charge >= 0.3 is 12.2 Å². The van der Waals surface area contributed by atoms with E-state index in [1.54, 1.807) is 0 Å². The van der Waals surface area contributed by atoms with Gasteiger partial charge in [-0.1, -0.05) is 0 Å². The highest BCUT2D eigenvalue weighted by Gasteiger charge is 2.59. The molecular formula is C4H3ClF4O. The molecular weight excluding hydrogens is 175 g/mol. The summed E-state index contributed by atoms with van der Waals surface area (Å²) in [5.74, 6) is 0. The van der Waals surface area contributed by atoms with Gasteiger partial charge in [0.1, 0.15) is 5.38 Å². The third kappa shape index (κ3) is 1.34. The lowest BCUT2D eigenvalue weighted by Crippen LogP contribution is -2.25. The summed E-state index contributed by atoms with van der Waals surface area (Å²) in [6.07, 6.45) is -8.82. The Kier molecular flexibility index (Phi) is 1.60. The number of halogens is 5. The highest BCUT2D eigenvalue weighted by Crippen LogP contribution is 2.44. The molecule has 1 aliphatic rings. The maximum Gasteiger partial charge on any atom is 0.376 e. The Balaban J connectivity index is 2.71. The molecule has 0 aromatic rings. The zero-order chi connectivity index (χ0) is 7.99. The Bertz CT molecular complexity index is 148. The van der Waals surface area contributed by atoms with E-state index in [9.17, 15) is 17.6 Å². The lowest BCUT2D eigenvalue weighted by molar-refractivity contribution is -0.328. The third-order valence-electron chi connectivity index (χ3n) is 1.07. The van der Waals surface area contributed by atoms with Crippen LogP contribution in [0.5, 0.6) is 0 Å². The van der Waals surface area contributed by atoms with Gasteiger partial charge in [0, 0.05) is 0 Å². The van der Waals surface area contributed by atoms with Crippen molar-refractivity contribution >= 4 is 11.6 Å². The molecule has 1 atom stereocenters. The van der Waals surface area contributed by atoms with E-state index < -0.39 is 24.0 Å². The van der Waals surface area contributed by atoms with Crippen molar-refractivity contribution in [2.45, 2.75) is 24.0 Å². The van der Waals surface area contributed by atoms with E-state index in [2.05, 4.69) is 4.74 Å². The first-order valence-electron chi connectivity index (χ1n) is 2.43. The topological polar surface area (TPSA) is 9.23 Å². The SMILES string of the molecule is FC1(F)CC(Cl)C(F)(F)O1. The van der Waals surface area contributed by atoms with Crippen LogP contribution >= 0.6 is 11.6 Å². The van der Waals surface area contributed by atoms with Gasteiger partial charge in [0.2, 0.25) is 0 Å². The highest BCUT2D eigenvalue weighted by molar-refractivity contribution is 6.21. The van der Waals surface area contributed by atoms with Crippen molar-refractivity contribution in [2.75, 3.05) is 0 Å². The molecule has 10 heavy (non-hydrogen) atoms. The summed E-state index contributed by atoms with van der Waals surface area (Å²) in [5, 5.41) is -1.93. The first-order valence-corrected chi connectivity index (χ1v) is 2.87. The molecule has 0 radical (unpaired) electrons. The molecule has 0 saturated carbocycles. The molecule has 60 valence electrons. The minimum Gasteiger partial charge on any atom is -0.254 e. The Morgan fingerprint density at radius 2 is 1.80 bits per heavy atom. The van der Waals surface area contributed by atoms with Crippen LogP contribution < -0.4 is 0 Å². The van der Waals surface area contributed by atoms with Crippen LogP contribution in [0.2, 0.25) is 0 Å². The first kappa shape index (κ1) is 8.07. The average Bonchev–Trinajstić information content (AvgIpc) is 1.73. The van der Waals surface area contributed by atoms with Gasteiger partial charge in [-0.15, -0.1) is 11.6 Å². The van der Waals surface area contributed by atoms with Gasteiger partial charge < -0.3 is 0 Å². The van der Waals surface area contributed by atoms with Crippen LogP contribution in [0.4, 0.5) is 17.6 Å². The fourth-order valence-electron chi connectivity index (χ4n) is 0.632. The fourth-order valence-corrected chi connectivity index (χ4v) is 0.856. The van der Waals surface area contributed by atoms with Gasteiger partial charge in [0.05, 0.1) is 6.42 Å². The molecule has 0 bridgehead atoms. The Hall–Kier alpha value is -0.0300. The summed E-state index contributed by atoms with van der Waals surface area (Å²) in [7, 11) is 0. The molecule has 1 nitrogen and oxygen atoms in total. The number of hydrogen-bond acceptors (Lipinski definition) is 1. The molecule has 0 aliphatic carbocycles. The Labute approximate surface area is 58.9 Å². The smallest absolute Gasteiger partial charge is 0.254 e. The van der Waals surface area contributed by atoms with Crippen LogP contribution in [0.25, 0.3) is 0 Å².